The number of thiophene rings is 1. The van der Waals surface area contributed by atoms with Crippen LogP contribution in [0.3, 0.4) is 0 Å². The number of ether oxygens (including phenoxy) is 2. The number of nitrogens with one attached hydrogen (secondary N) is 1. The van der Waals surface area contributed by atoms with Crippen molar-refractivity contribution in [2.24, 2.45) is 5.92 Å². The summed E-state index contributed by atoms with van der Waals surface area (Å²) in [7, 11) is 3.38. The number of nitrogens with zero attached hydrogens (tertiary/aromatic N) is 1. The predicted molar refractivity (Wildman–Crippen MR) is 116 cm³/mol. The van der Waals surface area contributed by atoms with Crippen LogP contribution >= 0.6 is 23.7 Å². The van der Waals surface area contributed by atoms with Crippen LogP contribution in [0.1, 0.15) is 24.0 Å². The normalized spacial score (nSPS) is 14.8. The molecule has 4 nitrogen and oxygen atoms in total. The van der Waals surface area contributed by atoms with E-state index in [0.717, 1.165) is 50.0 Å². The summed E-state index contributed by atoms with van der Waals surface area (Å²) in [6.45, 7) is 5.61. The molecule has 0 unspecified atom stereocenters. The van der Waals surface area contributed by atoms with Crippen molar-refractivity contribution in [3.05, 3.63) is 46.2 Å². The average Bonchev–Trinajstić information content (AvgIpc) is 3.19. The van der Waals surface area contributed by atoms with Crippen molar-refractivity contribution in [1.29, 1.82) is 0 Å². The van der Waals surface area contributed by atoms with Crippen LogP contribution in [0.5, 0.6) is 11.5 Å². The standard InChI is InChI=1S/C21H30N2O2S.ClH/c1-24-20-4-3-17(13-21(20)25-2)7-11-23(15-19-8-12-26-16-19)14-18-5-9-22-10-6-18;/h3-4,8,12-13,16,18,22H,5-7,9-11,14-15H2,1-2H3;1H. The van der Waals surface area contributed by atoms with Gasteiger partial charge in [0.15, 0.2) is 11.5 Å². The van der Waals surface area contributed by atoms with E-state index in [9.17, 15) is 0 Å². The first-order valence-electron chi connectivity index (χ1n) is 9.43. The third kappa shape index (κ3) is 6.68. The second-order valence-corrected chi connectivity index (χ2v) is 7.78. The van der Waals surface area contributed by atoms with Crippen LogP contribution in [0.15, 0.2) is 35.0 Å². The highest BCUT2D eigenvalue weighted by Crippen LogP contribution is 2.28. The summed E-state index contributed by atoms with van der Waals surface area (Å²) >= 11 is 1.78. The van der Waals surface area contributed by atoms with Gasteiger partial charge in [0.05, 0.1) is 14.2 Å². The molecule has 0 radical (unpaired) electrons. The van der Waals surface area contributed by atoms with E-state index in [1.165, 1.54) is 30.5 Å². The van der Waals surface area contributed by atoms with Gasteiger partial charge in [-0.3, -0.25) is 4.90 Å². The molecule has 0 amide bonds. The Labute approximate surface area is 173 Å². The Bertz CT molecular complexity index is 660. The van der Waals surface area contributed by atoms with E-state index in [1.54, 1.807) is 25.6 Å². The van der Waals surface area contributed by atoms with Gasteiger partial charge in [-0.1, -0.05) is 6.07 Å². The van der Waals surface area contributed by atoms with Gasteiger partial charge < -0.3 is 14.8 Å². The molecular weight excluding hydrogens is 380 g/mol. The smallest absolute Gasteiger partial charge is 0.160 e. The number of piperidine rings is 1. The zero-order valence-corrected chi connectivity index (χ0v) is 17.9. The Morgan fingerprint density at radius 1 is 1.07 bits per heavy atom. The minimum absolute atomic E-state index is 0. The molecule has 1 aliphatic rings. The van der Waals surface area contributed by atoms with Crippen molar-refractivity contribution in [2.75, 3.05) is 40.4 Å². The fourth-order valence-electron chi connectivity index (χ4n) is 3.63. The first-order chi connectivity index (χ1) is 12.8. The molecule has 2 heterocycles. The van der Waals surface area contributed by atoms with Crippen LogP contribution in [0, 0.1) is 5.92 Å². The van der Waals surface area contributed by atoms with Crippen molar-refractivity contribution in [1.82, 2.24) is 10.2 Å². The molecule has 1 aliphatic heterocycles. The quantitative estimate of drug-likeness (QED) is 0.670. The van der Waals surface area contributed by atoms with Gasteiger partial charge in [0.2, 0.25) is 0 Å². The zero-order valence-electron chi connectivity index (χ0n) is 16.3. The largest absolute Gasteiger partial charge is 0.493 e. The lowest BCUT2D eigenvalue weighted by Gasteiger charge is -2.30. The first-order valence-corrected chi connectivity index (χ1v) is 10.4. The highest BCUT2D eigenvalue weighted by atomic mass is 35.5. The minimum Gasteiger partial charge on any atom is -0.493 e. The van der Waals surface area contributed by atoms with Gasteiger partial charge in [0.25, 0.3) is 0 Å². The van der Waals surface area contributed by atoms with Crippen LogP contribution in [0.2, 0.25) is 0 Å². The molecule has 150 valence electrons. The summed E-state index contributed by atoms with van der Waals surface area (Å²) in [5.74, 6) is 2.41. The molecule has 1 aromatic heterocycles. The Morgan fingerprint density at radius 2 is 1.85 bits per heavy atom. The molecule has 6 heteroatoms. The predicted octanol–water partition coefficient (Wildman–Crippen LogP) is 4.23. The summed E-state index contributed by atoms with van der Waals surface area (Å²) in [4.78, 5) is 2.62. The number of rotatable bonds is 9. The lowest BCUT2D eigenvalue weighted by Crippen LogP contribution is -2.36. The number of hydrogen-bond acceptors (Lipinski definition) is 5. The number of hydrogen-bond donors (Lipinski definition) is 1. The number of benzene rings is 1. The monoisotopic (exact) mass is 410 g/mol. The van der Waals surface area contributed by atoms with Crippen LogP contribution in [0.25, 0.3) is 0 Å². The molecule has 1 N–H and O–H groups in total. The maximum Gasteiger partial charge on any atom is 0.160 e. The highest BCUT2D eigenvalue weighted by Gasteiger charge is 2.17. The van der Waals surface area contributed by atoms with E-state index in [1.807, 2.05) is 6.07 Å². The van der Waals surface area contributed by atoms with Crippen molar-refractivity contribution < 1.29 is 9.47 Å². The van der Waals surface area contributed by atoms with Gasteiger partial charge in [-0.05, 0) is 78.4 Å². The van der Waals surface area contributed by atoms with E-state index < -0.39 is 0 Å². The van der Waals surface area contributed by atoms with Crippen LogP contribution < -0.4 is 14.8 Å². The lowest BCUT2D eigenvalue weighted by molar-refractivity contribution is 0.200. The van der Waals surface area contributed by atoms with Crippen molar-refractivity contribution in [2.45, 2.75) is 25.8 Å². The van der Waals surface area contributed by atoms with E-state index in [-0.39, 0.29) is 12.4 Å². The highest BCUT2D eigenvalue weighted by molar-refractivity contribution is 7.07. The van der Waals surface area contributed by atoms with Crippen molar-refractivity contribution in [3.63, 3.8) is 0 Å². The van der Waals surface area contributed by atoms with E-state index in [0.29, 0.717) is 0 Å². The van der Waals surface area contributed by atoms with Crippen molar-refractivity contribution >= 4 is 23.7 Å². The molecule has 1 fully saturated rings. The summed E-state index contributed by atoms with van der Waals surface area (Å²) in [5.41, 5.74) is 2.72. The van der Waals surface area contributed by atoms with Gasteiger partial charge >= 0.3 is 0 Å². The van der Waals surface area contributed by atoms with Crippen LogP contribution in [0.4, 0.5) is 0 Å². The molecule has 1 saturated heterocycles. The SMILES string of the molecule is COc1ccc(CCN(Cc2ccsc2)CC2CCNCC2)cc1OC.Cl. The maximum absolute atomic E-state index is 5.45. The first kappa shape index (κ1) is 22.0. The van der Waals surface area contributed by atoms with E-state index >= 15 is 0 Å². The molecular formula is C21H31ClN2O2S. The van der Waals surface area contributed by atoms with Gasteiger partial charge in [-0.2, -0.15) is 11.3 Å². The molecule has 0 saturated carbocycles. The molecule has 2 aromatic rings. The molecule has 1 aromatic carbocycles. The van der Waals surface area contributed by atoms with Gasteiger partial charge in [0, 0.05) is 19.6 Å². The van der Waals surface area contributed by atoms with Gasteiger partial charge in [0.1, 0.15) is 0 Å². The van der Waals surface area contributed by atoms with Crippen LogP contribution in [-0.4, -0.2) is 45.3 Å². The molecule has 27 heavy (non-hydrogen) atoms. The Hall–Kier alpha value is -1.27. The summed E-state index contributed by atoms with van der Waals surface area (Å²) in [6, 6.07) is 8.50. The molecule has 0 aliphatic carbocycles. The fraction of sp³-hybridized carbons (Fsp3) is 0.524. The third-order valence-corrected chi connectivity index (χ3v) is 5.86. The molecule has 0 spiro atoms. The lowest BCUT2D eigenvalue weighted by atomic mass is 9.97. The second-order valence-electron chi connectivity index (χ2n) is 7.00. The Balaban J connectivity index is 0.00000261. The van der Waals surface area contributed by atoms with E-state index in [2.05, 4.69) is 39.2 Å². The maximum atomic E-state index is 5.45. The third-order valence-electron chi connectivity index (χ3n) is 5.13. The second kappa shape index (κ2) is 11.5. The summed E-state index contributed by atoms with van der Waals surface area (Å²) < 4.78 is 10.8. The summed E-state index contributed by atoms with van der Waals surface area (Å²) in [6.07, 6.45) is 3.60. The van der Waals surface area contributed by atoms with E-state index in [4.69, 9.17) is 9.47 Å². The molecule has 0 atom stereocenters. The summed E-state index contributed by atoms with van der Waals surface area (Å²) in [5, 5.41) is 7.91. The Morgan fingerprint density at radius 3 is 2.52 bits per heavy atom. The topological polar surface area (TPSA) is 33.7 Å². The fourth-order valence-corrected chi connectivity index (χ4v) is 4.29. The zero-order chi connectivity index (χ0) is 18.2. The van der Waals surface area contributed by atoms with Crippen LogP contribution in [-0.2, 0) is 13.0 Å². The number of methoxy groups -OCH3 is 2. The minimum atomic E-state index is 0. The van der Waals surface area contributed by atoms with Crippen molar-refractivity contribution in [3.8, 4) is 11.5 Å². The molecule has 3 rings (SSSR count). The van der Waals surface area contributed by atoms with Gasteiger partial charge in [-0.15, -0.1) is 12.4 Å². The molecule has 0 bridgehead atoms. The Kier molecular flexibility index (Phi) is 9.42. The van der Waals surface area contributed by atoms with Gasteiger partial charge in [-0.25, -0.2) is 0 Å². The average molecular weight is 411 g/mol. The number of halogens is 1.